The molecule has 2 heterocycles. The number of allylic oxidation sites excluding steroid dienone is 2. The van der Waals surface area contributed by atoms with Crippen LogP contribution in [0.25, 0.3) is 22.2 Å². The number of ketones is 1. The fourth-order valence-electron chi connectivity index (χ4n) is 7.00. The number of esters is 1. The smallest absolute Gasteiger partial charge is 0.339 e. The minimum Gasteiger partial charge on any atom is -0.451 e. The molecule has 3 aromatic carbocycles. The number of benzene rings is 3. The third-order valence-electron chi connectivity index (χ3n) is 9.16. The maximum absolute atomic E-state index is 13.6. The maximum atomic E-state index is 13.6. The van der Waals surface area contributed by atoms with Crippen molar-refractivity contribution in [2.24, 2.45) is 23.7 Å². The summed E-state index contributed by atoms with van der Waals surface area (Å²) < 4.78 is 6.52. The van der Waals surface area contributed by atoms with Crippen LogP contribution >= 0.6 is 15.9 Å². The number of fused-ring (bicyclic) bond motifs is 6. The van der Waals surface area contributed by atoms with Crippen molar-refractivity contribution in [3.8, 4) is 11.3 Å². The third-order valence-corrected chi connectivity index (χ3v) is 9.62. The Labute approximate surface area is 263 Å². The zero-order valence-electron chi connectivity index (χ0n) is 24.2. The predicted octanol–water partition coefficient (Wildman–Crippen LogP) is 6.97. The van der Waals surface area contributed by atoms with Crippen molar-refractivity contribution >= 4 is 56.1 Å². The Balaban J connectivity index is 1.23. The van der Waals surface area contributed by atoms with Crippen LogP contribution in [0, 0.1) is 23.7 Å². The molecule has 1 aromatic heterocycles. The van der Waals surface area contributed by atoms with Crippen molar-refractivity contribution in [2.45, 2.75) is 32.8 Å². The second-order valence-electron chi connectivity index (χ2n) is 11.7. The van der Waals surface area contributed by atoms with Crippen LogP contribution in [-0.2, 0) is 20.7 Å². The van der Waals surface area contributed by atoms with Crippen molar-refractivity contribution < 1.29 is 23.9 Å². The monoisotopic (exact) mass is 648 g/mol. The molecule has 0 radical (unpaired) electrons. The molecule has 5 unspecified atom stereocenters. The first kappa shape index (κ1) is 28.3. The van der Waals surface area contributed by atoms with Crippen LogP contribution in [-0.4, -0.2) is 34.7 Å². The van der Waals surface area contributed by atoms with Gasteiger partial charge in [0.1, 0.15) is 0 Å². The van der Waals surface area contributed by atoms with Crippen LogP contribution in [0.4, 0.5) is 5.69 Å². The zero-order chi connectivity index (χ0) is 30.7. The van der Waals surface area contributed by atoms with Crippen LogP contribution in [0.1, 0.15) is 46.5 Å². The molecule has 0 N–H and O–H groups in total. The Morgan fingerprint density at radius 2 is 1.61 bits per heavy atom. The fraction of sp³-hybridized carbons (Fsp3) is 0.250. The number of imide groups is 1. The molecular formula is C36H29BrN2O5. The van der Waals surface area contributed by atoms with E-state index in [1.54, 1.807) is 49.4 Å². The highest BCUT2D eigenvalue weighted by molar-refractivity contribution is 9.10. The molecule has 5 atom stereocenters. The number of nitrogens with zero attached hydrogens (tertiary/aromatic N) is 2. The predicted molar refractivity (Wildman–Crippen MR) is 170 cm³/mol. The third kappa shape index (κ3) is 4.59. The number of aryl methyl sites for hydroxylation is 1. The van der Waals surface area contributed by atoms with E-state index < -0.39 is 12.1 Å². The number of hydrogen-bond donors (Lipinski definition) is 0. The Hall–Kier alpha value is -4.43. The summed E-state index contributed by atoms with van der Waals surface area (Å²) in [7, 11) is 0. The van der Waals surface area contributed by atoms with Crippen LogP contribution in [0.2, 0.25) is 0 Å². The standard InChI is InChI=1S/C36H29BrN2O5/c1-3-20-16-25(37)17-27-28(36(43)44-19(2)33(40)22-7-5-4-6-8-22)18-29(38-32(20)27)21-11-13-26(14-12-21)39-34(41)30-23-9-10-24(15-23)31(30)35(39)42/h4-14,16-19,23-24,30-31H,3,15H2,1-2H3. The van der Waals surface area contributed by atoms with Gasteiger partial charge in [-0.3, -0.25) is 19.3 Å². The number of carbonyl (C=O) groups is 4. The van der Waals surface area contributed by atoms with Gasteiger partial charge in [-0.05, 0) is 67.5 Å². The molecule has 7 rings (SSSR count). The molecule has 4 aromatic rings. The lowest BCUT2D eigenvalue weighted by Gasteiger charge is -2.18. The van der Waals surface area contributed by atoms with E-state index in [0.29, 0.717) is 45.4 Å². The lowest BCUT2D eigenvalue weighted by Crippen LogP contribution is -2.32. The summed E-state index contributed by atoms with van der Waals surface area (Å²) in [5.74, 6) is -1.43. The Morgan fingerprint density at radius 3 is 2.25 bits per heavy atom. The molecule has 2 bridgehead atoms. The summed E-state index contributed by atoms with van der Waals surface area (Å²) >= 11 is 3.56. The molecule has 220 valence electrons. The van der Waals surface area contributed by atoms with Gasteiger partial charge < -0.3 is 4.74 Å². The molecule has 0 spiro atoms. The van der Waals surface area contributed by atoms with E-state index >= 15 is 0 Å². The lowest BCUT2D eigenvalue weighted by atomic mass is 9.85. The van der Waals surface area contributed by atoms with Crippen molar-refractivity contribution in [1.29, 1.82) is 0 Å². The first-order valence-corrected chi connectivity index (χ1v) is 15.6. The average molecular weight is 650 g/mol. The number of ether oxygens (including phenoxy) is 1. The SMILES string of the molecule is CCc1cc(Br)cc2c(C(=O)OC(C)C(=O)c3ccccc3)cc(-c3ccc(N4C(=O)C5C6C=CC(C6)C5C4=O)cc3)nc12. The number of pyridine rings is 1. The van der Waals surface area contributed by atoms with Gasteiger partial charge in [-0.15, -0.1) is 0 Å². The number of Topliss-reactive ketones (excluding diaryl/α,β-unsaturated/α-hetero) is 1. The summed E-state index contributed by atoms with van der Waals surface area (Å²) in [6, 6.07) is 21.4. The van der Waals surface area contributed by atoms with E-state index in [2.05, 4.69) is 28.1 Å². The van der Waals surface area contributed by atoms with E-state index in [0.717, 1.165) is 16.5 Å². The molecule has 7 nitrogen and oxygen atoms in total. The number of rotatable bonds is 7. The van der Waals surface area contributed by atoms with Crippen LogP contribution in [0.5, 0.6) is 0 Å². The largest absolute Gasteiger partial charge is 0.451 e. The highest BCUT2D eigenvalue weighted by atomic mass is 79.9. The second-order valence-corrected chi connectivity index (χ2v) is 12.6. The molecule has 1 saturated heterocycles. The number of carbonyl (C=O) groups excluding carboxylic acids is 4. The van der Waals surface area contributed by atoms with Crippen molar-refractivity contribution in [3.63, 3.8) is 0 Å². The van der Waals surface area contributed by atoms with Gasteiger partial charge in [0.05, 0.1) is 34.3 Å². The Morgan fingerprint density at radius 1 is 0.955 bits per heavy atom. The van der Waals surface area contributed by atoms with E-state index in [9.17, 15) is 19.2 Å². The molecule has 2 amide bonds. The molecule has 3 aliphatic rings. The fourth-order valence-corrected chi connectivity index (χ4v) is 7.50. The van der Waals surface area contributed by atoms with Gasteiger partial charge in [0, 0.05) is 21.0 Å². The second kappa shape index (κ2) is 10.9. The van der Waals surface area contributed by atoms with Crippen molar-refractivity contribution in [2.75, 3.05) is 4.90 Å². The minimum absolute atomic E-state index is 0.129. The summed E-state index contributed by atoms with van der Waals surface area (Å²) in [5, 5.41) is 0.615. The molecule has 1 aliphatic heterocycles. The normalized spacial score (nSPS) is 22.5. The Kier molecular flexibility index (Phi) is 7.04. The number of hydrogen-bond acceptors (Lipinski definition) is 6. The van der Waals surface area contributed by atoms with Gasteiger partial charge >= 0.3 is 5.97 Å². The number of halogens is 1. The average Bonchev–Trinajstić information content (AvgIpc) is 3.73. The molecule has 2 fully saturated rings. The van der Waals surface area contributed by atoms with Gasteiger partial charge in [-0.2, -0.15) is 0 Å². The van der Waals surface area contributed by atoms with E-state index in [1.807, 2.05) is 37.3 Å². The number of anilines is 1. The summed E-state index contributed by atoms with van der Waals surface area (Å²) in [5.41, 5.74) is 4.14. The topological polar surface area (TPSA) is 93.6 Å². The van der Waals surface area contributed by atoms with Crippen LogP contribution in [0.3, 0.4) is 0 Å². The van der Waals surface area contributed by atoms with Gasteiger partial charge in [0.25, 0.3) is 0 Å². The van der Waals surface area contributed by atoms with Crippen molar-refractivity contribution in [1.82, 2.24) is 4.98 Å². The van der Waals surface area contributed by atoms with E-state index in [4.69, 9.17) is 9.72 Å². The highest BCUT2D eigenvalue weighted by Crippen LogP contribution is 2.53. The molecular weight excluding hydrogens is 620 g/mol. The van der Waals surface area contributed by atoms with E-state index in [1.165, 1.54) is 4.90 Å². The first-order valence-electron chi connectivity index (χ1n) is 14.8. The van der Waals surface area contributed by atoms with E-state index in [-0.39, 0.29) is 41.3 Å². The lowest BCUT2D eigenvalue weighted by molar-refractivity contribution is -0.123. The molecule has 1 saturated carbocycles. The summed E-state index contributed by atoms with van der Waals surface area (Å²) in [6.45, 7) is 3.59. The minimum atomic E-state index is -0.992. The Bertz CT molecular complexity index is 1850. The molecule has 44 heavy (non-hydrogen) atoms. The maximum Gasteiger partial charge on any atom is 0.339 e. The molecule has 2 aliphatic carbocycles. The van der Waals surface area contributed by atoms with Gasteiger partial charge in [0.2, 0.25) is 17.6 Å². The summed E-state index contributed by atoms with van der Waals surface area (Å²) in [4.78, 5) is 59.5. The summed E-state index contributed by atoms with van der Waals surface area (Å²) in [6.07, 6.45) is 4.74. The van der Waals surface area contributed by atoms with Gasteiger partial charge in [-0.1, -0.05) is 77.5 Å². The van der Waals surface area contributed by atoms with Crippen LogP contribution in [0.15, 0.2) is 89.4 Å². The number of amides is 2. The quantitative estimate of drug-likeness (QED) is 0.0930. The highest BCUT2D eigenvalue weighted by Gasteiger charge is 2.59. The van der Waals surface area contributed by atoms with Gasteiger partial charge in [-0.25, -0.2) is 9.78 Å². The zero-order valence-corrected chi connectivity index (χ0v) is 25.8. The van der Waals surface area contributed by atoms with Gasteiger partial charge in [0.15, 0.2) is 6.10 Å². The number of aromatic nitrogens is 1. The van der Waals surface area contributed by atoms with Crippen molar-refractivity contribution in [3.05, 3.63) is 106 Å². The molecule has 8 heteroatoms. The van der Waals surface area contributed by atoms with Crippen LogP contribution < -0.4 is 4.90 Å². The first-order chi connectivity index (χ1) is 21.2.